The van der Waals surface area contributed by atoms with Gasteiger partial charge in [-0.15, -0.1) is 0 Å². The summed E-state index contributed by atoms with van der Waals surface area (Å²) < 4.78 is 0. The smallest absolute Gasteiger partial charge is 0.0217 e. The summed E-state index contributed by atoms with van der Waals surface area (Å²) in [4.78, 5) is 5.10. The van der Waals surface area contributed by atoms with E-state index >= 15 is 0 Å². The minimum atomic E-state index is 0.758. The fraction of sp³-hybridized carbons (Fsp3) is 1.00. The Hall–Kier alpha value is -0.120. The Labute approximate surface area is 113 Å². The lowest BCUT2D eigenvalue weighted by atomic mass is 10.0. The number of likely N-dealkylation sites (tertiary alicyclic amines) is 1. The van der Waals surface area contributed by atoms with Gasteiger partial charge in [-0.2, -0.15) is 0 Å². The summed E-state index contributed by atoms with van der Waals surface area (Å²) in [6.45, 7) is 6.21. The summed E-state index contributed by atoms with van der Waals surface area (Å²) in [5.41, 5.74) is 0. The Kier molecular flexibility index (Phi) is 5.46. The van der Waals surface area contributed by atoms with Crippen LogP contribution in [0.1, 0.15) is 45.4 Å². The van der Waals surface area contributed by atoms with Crippen molar-refractivity contribution in [3.8, 4) is 0 Å². The summed E-state index contributed by atoms with van der Waals surface area (Å²) >= 11 is 0. The SMILES string of the molecule is CC(CCCNC1CC1)N1CCCC(N(C)C)C1. The molecule has 3 nitrogen and oxygen atoms in total. The molecule has 2 atom stereocenters. The second-order valence-electron chi connectivity index (χ2n) is 6.47. The molecule has 1 aliphatic heterocycles. The van der Waals surface area contributed by atoms with Gasteiger partial charge in [-0.3, -0.25) is 4.90 Å². The molecule has 0 aromatic rings. The Morgan fingerprint density at radius 1 is 1.28 bits per heavy atom. The van der Waals surface area contributed by atoms with Crippen molar-refractivity contribution in [2.24, 2.45) is 0 Å². The lowest BCUT2D eigenvalue weighted by Crippen LogP contribution is -2.48. The van der Waals surface area contributed by atoms with Gasteiger partial charge in [-0.05, 0) is 72.6 Å². The van der Waals surface area contributed by atoms with Crippen molar-refractivity contribution >= 4 is 0 Å². The topological polar surface area (TPSA) is 18.5 Å². The first kappa shape index (κ1) is 14.3. The molecular weight excluding hydrogens is 222 g/mol. The third kappa shape index (κ3) is 4.52. The molecule has 1 N–H and O–H groups in total. The van der Waals surface area contributed by atoms with Crippen molar-refractivity contribution < 1.29 is 0 Å². The van der Waals surface area contributed by atoms with Crippen LogP contribution in [0.25, 0.3) is 0 Å². The number of piperidine rings is 1. The largest absolute Gasteiger partial charge is 0.314 e. The van der Waals surface area contributed by atoms with Gasteiger partial charge in [0, 0.05) is 24.7 Å². The number of hydrogen-bond acceptors (Lipinski definition) is 3. The third-order valence-electron chi connectivity index (χ3n) is 4.59. The molecule has 0 radical (unpaired) electrons. The minimum Gasteiger partial charge on any atom is -0.314 e. The standard InChI is InChI=1S/C15H31N3/c1-13(6-4-10-16-14-8-9-14)18-11-5-7-15(12-18)17(2)3/h13-16H,4-12H2,1-3H3. The summed E-state index contributed by atoms with van der Waals surface area (Å²) in [5, 5.41) is 3.62. The third-order valence-corrected chi connectivity index (χ3v) is 4.59. The van der Waals surface area contributed by atoms with Crippen molar-refractivity contribution in [2.45, 2.75) is 63.6 Å². The van der Waals surface area contributed by atoms with Crippen LogP contribution in [0, 0.1) is 0 Å². The zero-order valence-corrected chi connectivity index (χ0v) is 12.5. The normalized spacial score (nSPS) is 27.7. The van der Waals surface area contributed by atoms with E-state index in [4.69, 9.17) is 0 Å². The van der Waals surface area contributed by atoms with Gasteiger partial charge in [0.05, 0.1) is 0 Å². The minimum absolute atomic E-state index is 0.758. The van der Waals surface area contributed by atoms with E-state index in [1.807, 2.05) is 0 Å². The molecule has 0 aromatic heterocycles. The fourth-order valence-electron chi connectivity index (χ4n) is 2.98. The second kappa shape index (κ2) is 6.88. The molecule has 2 fully saturated rings. The fourth-order valence-corrected chi connectivity index (χ4v) is 2.98. The van der Waals surface area contributed by atoms with Gasteiger partial charge in [0.25, 0.3) is 0 Å². The van der Waals surface area contributed by atoms with Gasteiger partial charge in [0.2, 0.25) is 0 Å². The highest BCUT2D eigenvalue weighted by atomic mass is 15.2. The highest BCUT2D eigenvalue weighted by Gasteiger charge is 2.24. The summed E-state index contributed by atoms with van der Waals surface area (Å²) in [6.07, 6.45) is 8.24. The molecule has 1 saturated carbocycles. The Balaban J connectivity index is 1.62. The van der Waals surface area contributed by atoms with Crippen LogP contribution < -0.4 is 5.32 Å². The maximum Gasteiger partial charge on any atom is 0.0217 e. The van der Waals surface area contributed by atoms with Crippen LogP contribution >= 0.6 is 0 Å². The van der Waals surface area contributed by atoms with Crippen LogP contribution in [0.2, 0.25) is 0 Å². The van der Waals surface area contributed by atoms with Gasteiger partial charge < -0.3 is 10.2 Å². The molecule has 0 spiro atoms. The molecule has 18 heavy (non-hydrogen) atoms. The van der Waals surface area contributed by atoms with Crippen LogP contribution in [-0.2, 0) is 0 Å². The van der Waals surface area contributed by atoms with E-state index in [-0.39, 0.29) is 0 Å². The molecule has 0 bridgehead atoms. The predicted molar refractivity (Wildman–Crippen MR) is 78.0 cm³/mol. The van der Waals surface area contributed by atoms with E-state index < -0.39 is 0 Å². The summed E-state index contributed by atoms with van der Waals surface area (Å²) in [7, 11) is 4.44. The van der Waals surface area contributed by atoms with Gasteiger partial charge >= 0.3 is 0 Å². The van der Waals surface area contributed by atoms with Gasteiger partial charge in [0.15, 0.2) is 0 Å². The quantitative estimate of drug-likeness (QED) is 0.700. The summed E-state index contributed by atoms with van der Waals surface area (Å²) in [6, 6.07) is 2.40. The highest BCUT2D eigenvalue weighted by molar-refractivity contribution is 4.82. The molecule has 2 unspecified atom stereocenters. The average Bonchev–Trinajstić information content (AvgIpc) is 3.18. The lowest BCUT2D eigenvalue weighted by Gasteiger charge is -2.39. The van der Waals surface area contributed by atoms with E-state index in [0.717, 1.165) is 18.1 Å². The first-order chi connectivity index (χ1) is 8.66. The van der Waals surface area contributed by atoms with Crippen LogP contribution in [0.4, 0.5) is 0 Å². The second-order valence-corrected chi connectivity index (χ2v) is 6.47. The highest BCUT2D eigenvalue weighted by Crippen LogP contribution is 2.20. The van der Waals surface area contributed by atoms with Gasteiger partial charge in [-0.1, -0.05) is 0 Å². The first-order valence-electron chi connectivity index (χ1n) is 7.80. The van der Waals surface area contributed by atoms with Crippen LogP contribution in [0.3, 0.4) is 0 Å². The molecule has 1 aliphatic carbocycles. The van der Waals surface area contributed by atoms with Crippen molar-refractivity contribution in [3.63, 3.8) is 0 Å². The number of nitrogens with zero attached hydrogens (tertiary/aromatic N) is 2. The Bertz CT molecular complexity index is 238. The maximum atomic E-state index is 3.62. The van der Waals surface area contributed by atoms with Crippen molar-refractivity contribution in [1.82, 2.24) is 15.1 Å². The number of nitrogens with one attached hydrogen (secondary N) is 1. The summed E-state index contributed by atoms with van der Waals surface area (Å²) in [5.74, 6) is 0. The monoisotopic (exact) mass is 253 g/mol. The molecule has 0 amide bonds. The van der Waals surface area contributed by atoms with E-state index in [1.54, 1.807) is 0 Å². The van der Waals surface area contributed by atoms with Crippen LogP contribution in [-0.4, -0.2) is 61.7 Å². The Morgan fingerprint density at radius 2 is 2.06 bits per heavy atom. The van der Waals surface area contributed by atoms with Crippen molar-refractivity contribution in [3.05, 3.63) is 0 Å². The molecule has 1 heterocycles. The molecule has 106 valence electrons. The number of rotatable bonds is 7. The average molecular weight is 253 g/mol. The number of likely N-dealkylation sites (N-methyl/N-ethyl adjacent to an activating group) is 1. The zero-order chi connectivity index (χ0) is 13.0. The lowest BCUT2D eigenvalue weighted by molar-refractivity contribution is 0.0979. The van der Waals surface area contributed by atoms with Crippen LogP contribution in [0.5, 0.6) is 0 Å². The molecular formula is C15H31N3. The van der Waals surface area contributed by atoms with Gasteiger partial charge in [-0.25, -0.2) is 0 Å². The van der Waals surface area contributed by atoms with E-state index in [0.29, 0.717) is 0 Å². The number of hydrogen-bond donors (Lipinski definition) is 1. The van der Waals surface area contributed by atoms with Crippen molar-refractivity contribution in [2.75, 3.05) is 33.7 Å². The zero-order valence-electron chi connectivity index (χ0n) is 12.5. The van der Waals surface area contributed by atoms with Crippen LogP contribution in [0.15, 0.2) is 0 Å². The van der Waals surface area contributed by atoms with Crippen molar-refractivity contribution in [1.29, 1.82) is 0 Å². The predicted octanol–water partition coefficient (Wildman–Crippen LogP) is 1.93. The maximum absolute atomic E-state index is 3.62. The molecule has 3 heteroatoms. The van der Waals surface area contributed by atoms with E-state index in [2.05, 4.69) is 36.1 Å². The van der Waals surface area contributed by atoms with Gasteiger partial charge in [0.1, 0.15) is 0 Å². The molecule has 2 rings (SSSR count). The van der Waals surface area contributed by atoms with E-state index in [1.165, 1.54) is 58.2 Å². The molecule has 0 aromatic carbocycles. The van der Waals surface area contributed by atoms with E-state index in [9.17, 15) is 0 Å². The first-order valence-corrected chi connectivity index (χ1v) is 7.80. The molecule has 1 saturated heterocycles. The Morgan fingerprint density at radius 3 is 2.72 bits per heavy atom. The molecule has 2 aliphatic rings.